The minimum Gasteiger partial charge on any atom is -0.349 e. The van der Waals surface area contributed by atoms with Gasteiger partial charge in [-0.05, 0) is 68.4 Å². The Bertz CT molecular complexity index is 946. The smallest absolute Gasteiger partial charge is 0.268 e. The number of carbonyl (C=O) groups is 1. The molecule has 0 saturated heterocycles. The number of H-pyrrole nitrogens is 1. The van der Waals surface area contributed by atoms with Gasteiger partial charge in [-0.15, -0.1) is 0 Å². The maximum Gasteiger partial charge on any atom is 0.268 e. The average molecular weight is 391 g/mol. The summed E-state index contributed by atoms with van der Waals surface area (Å²) in [5.41, 5.74) is 0.341. The van der Waals surface area contributed by atoms with Crippen LogP contribution in [0.5, 0.6) is 0 Å². The van der Waals surface area contributed by atoms with Crippen molar-refractivity contribution < 1.29 is 4.79 Å². The van der Waals surface area contributed by atoms with Gasteiger partial charge in [0, 0.05) is 17.0 Å². The first-order chi connectivity index (χ1) is 12.4. The van der Waals surface area contributed by atoms with Crippen LogP contribution in [0.1, 0.15) is 49.0 Å². The van der Waals surface area contributed by atoms with Gasteiger partial charge in [-0.1, -0.05) is 23.2 Å². The molecule has 6 heteroatoms. The fraction of sp³-hybridized carbons (Fsp3) is 0.500. The van der Waals surface area contributed by atoms with Gasteiger partial charge in [0.05, 0.1) is 15.6 Å². The SMILES string of the molecule is O=C(NC12CC3CC(CC(C3)C1)C2)c1cc(=O)c2ccc(Cl)c(Cl)c2[nH]1. The van der Waals surface area contributed by atoms with E-state index in [1.165, 1.54) is 25.3 Å². The molecule has 26 heavy (non-hydrogen) atoms. The predicted octanol–water partition coefficient (Wildman–Crippen LogP) is 4.53. The fourth-order valence-corrected chi connectivity index (χ4v) is 6.32. The third kappa shape index (κ3) is 2.57. The van der Waals surface area contributed by atoms with Crippen molar-refractivity contribution in [3.05, 3.63) is 44.2 Å². The van der Waals surface area contributed by atoms with Crippen molar-refractivity contribution in [2.24, 2.45) is 17.8 Å². The van der Waals surface area contributed by atoms with Crippen molar-refractivity contribution >= 4 is 40.0 Å². The van der Waals surface area contributed by atoms with Crippen LogP contribution in [-0.2, 0) is 0 Å². The topological polar surface area (TPSA) is 62.0 Å². The van der Waals surface area contributed by atoms with Gasteiger partial charge in [-0.3, -0.25) is 9.59 Å². The summed E-state index contributed by atoms with van der Waals surface area (Å²) >= 11 is 12.3. The molecule has 1 aromatic carbocycles. The van der Waals surface area contributed by atoms with Crippen LogP contribution in [0.3, 0.4) is 0 Å². The van der Waals surface area contributed by atoms with Crippen LogP contribution in [0.4, 0.5) is 0 Å². The Hall–Kier alpha value is -1.52. The van der Waals surface area contributed by atoms with Crippen LogP contribution in [-0.4, -0.2) is 16.4 Å². The predicted molar refractivity (Wildman–Crippen MR) is 103 cm³/mol. The third-order valence-corrected chi connectivity index (χ3v) is 7.36. The van der Waals surface area contributed by atoms with E-state index in [-0.39, 0.29) is 27.6 Å². The zero-order valence-corrected chi connectivity index (χ0v) is 15.8. The Balaban J connectivity index is 1.49. The summed E-state index contributed by atoms with van der Waals surface area (Å²) in [7, 11) is 0. The van der Waals surface area contributed by atoms with E-state index in [4.69, 9.17) is 23.2 Å². The number of hydrogen-bond donors (Lipinski definition) is 2. The van der Waals surface area contributed by atoms with Gasteiger partial charge >= 0.3 is 0 Å². The number of hydrogen-bond acceptors (Lipinski definition) is 2. The van der Waals surface area contributed by atoms with Crippen LogP contribution < -0.4 is 10.7 Å². The van der Waals surface area contributed by atoms with Crippen molar-refractivity contribution in [3.63, 3.8) is 0 Å². The Morgan fingerprint density at radius 2 is 1.69 bits per heavy atom. The lowest BCUT2D eigenvalue weighted by atomic mass is 9.53. The van der Waals surface area contributed by atoms with Crippen molar-refractivity contribution in [1.29, 1.82) is 0 Å². The maximum absolute atomic E-state index is 13.0. The van der Waals surface area contributed by atoms with Gasteiger partial charge in [-0.25, -0.2) is 0 Å². The fourth-order valence-electron chi connectivity index (χ4n) is 5.95. The highest BCUT2D eigenvalue weighted by atomic mass is 35.5. The van der Waals surface area contributed by atoms with Gasteiger partial charge < -0.3 is 10.3 Å². The molecule has 0 aliphatic heterocycles. The first-order valence-corrected chi connectivity index (χ1v) is 10.0. The standard InChI is InChI=1S/C20H20Cl2N2O2/c21-14-2-1-13-16(25)6-15(23-18(13)17(14)22)19(26)24-20-7-10-3-11(8-20)5-12(4-10)9-20/h1-2,6,10-12H,3-5,7-9H2,(H,23,25)(H,24,26). The highest BCUT2D eigenvalue weighted by molar-refractivity contribution is 6.45. The highest BCUT2D eigenvalue weighted by Crippen LogP contribution is 2.55. The number of fused-ring (bicyclic) bond motifs is 1. The average Bonchev–Trinajstić information content (AvgIpc) is 2.56. The molecule has 1 heterocycles. The normalized spacial score (nSPS) is 32.2. The molecule has 1 aromatic heterocycles. The summed E-state index contributed by atoms with van der Waals surface area (Å²) in [6.45, 7) is 0. The van der Waals surface area contributed by atoms with Crippen LogP contribution in [0, 0.1) is 17.8 Å². The zero-order chi connectivity index (χ0) is 18.1. The summed E-state index contributed by atoms with van der Waals surface area (Å²) in [5, 5.41) is 4.34. The van der Waals surface area contributed by atoms with E-state index in [1.54, 1.807) is 12.1 Å². The van der Waals surface area contributed by atoms with Gasteiger partial charge in [0.1, 0.15) is 5.69 Å². The molecule has 2 aromatic rings. The molecule has 4 nitrogen and oxygen atoms in total. The van der Waals surface area contributed by atoms with Crippen molar-refractivity contribution in [3.8, 4) is 0 Å². The first kappa shape index (κ1) is 16.6. The minimum atomic E-state index is -0.229. The van der Waals surface area contributed by atoms with E-state index in [0.29, 0.717) is 15.9 Å². The number of amides is 1. The van der Waals surface area contributed by atoms with Gasteiger partial charge in [0.15, 0.2) is 5.43 Å². The van der Waals surface area contributed by atoms with Crippen LogP contribution in [0.15, 0.2) is 23.0 Å². The monoisotopic (exact) mass is 390 g/mol. The van der Waals surface area contributed by atoms with E-state index in [1.807, 2.05) is 0 Å². The number of aromatic nitrogens is 1. The summed E-state index contributed by atoms with van der Waals surface area (Å²) < 4.78 is 0. The third-order valence-electron chi connectivity index (χ3n) is 6.56. The molecular formula is C20H20Cl2N2O2. The number of halogens is 2. The molecule has 6 rings (SSSR count). The Morgan fingerprint density at radius 1 is 1.08 bits per heavy atom. The van der Waals surface area contributed by atoms with E-state index in [2.05, 4.69) is 10.3 Å². The maximum atomic E-state index is 13.0. The molecule has 4 bridgehead atoms. The van der Waals surface area contributed by atoms with Crippen molar-refractivity contribution in [1.82, 2.24) is 10.3 Å². The van der Waals surface area contributed by atoms with E-state index in [9.17, 15) is 9.59 Å². The van der Waals surface area contributed by atoms with E-state index < -0.39 is 0 Å². The highest BCUT2D eigenvalue weighted by Gasteiger charge is 2.51. The van der Waals surface area contributed by atoms with E-state index >= 15 is 0 Å². The lowest BCUT2D eigenvalue weighted by Gasteiger charge is -2.56. The van der Waals surface area contributed by atoms with Crippen molar-refractivity contribution in [2.75, 3.05) is 0 Å². The molecule has 4 fully saturated rings. The molecule has 4 aliphatic carbocycles. The van der Waals surface area contributed by atoms with Crippen molar-refractivity contribution in [2.45, 2.75) is 44.1 Å². The summed E-state index contributed by atoms with van der Waals surface area (Å²) in [6, 6.07) is 4.59. The number of benzene rings is 1. The van der Waals surface area contributed by atoms with Crippen LogP contribution >= 0.6 is 23.2 Å². The van der Waals surface area contributed by atoms with Gasteiger partial charge in [-0.2, -0.15) is 0 Å². The minimum absolute atomic E-state index is 0.101. The second-order valence-corrected chi connectivity index (χ2v) is 9.27. The number of aromatic amines is 1. The van der Waals surface area contributed by atoms with Crippen LogP contribution in [0.25, 0.3) is 10.9 Å². The molecule has 0 spiro atoms. The quantitative estimate of drug-likeness (QED) is 0.790. The number of nitrogens with one attached hydrogen (secondary N) is 2. The number of carbonyl (C=O) groups excluding carboxylic acids is 1. The second kappa shape index (κ2) is 5.74. The molecule has 0 radical (unpaired) electrons. The van der Waals surface area contributed by atoms with Gasteiger partial charge in [0.25, 0.3) is 5.91 Å². The largest absolute Gasteiger partial charge is 0.349 e. The molecule has 4 saturated carbocycles. The second-order valence-electron chi connectivity index (χ2n) is 8.48. The number of rotatable bonds is 2. The van der Waals surface area contributed by atoms with Gasteiger partial charge in [0.2, 0.25) is 0 Å². The Labute approximate surface area is 161 Å². The summed E-state index contributed by atoms with van der Waals surface area (Å²) in [4.78, 5) is 28.4. The zero-order valence-electron chi connectivity index (χ0n) is 14.3. The lowest BCUT2D eigenvalue weighted by molar-refractivity contribution is -0.0167. The number of pyridine rings is 1. The Kier molecular flexibility index (Phi) is 3.67. The first-order valence-electron chi connectivity index (χ1n) is 9.26. The lowest BCUT2D eigenvalue weighted by Crippen LogP contribution is -2.60. The molecule has 1 amide bonds. The summed E-state index contributed by atoms with van der Waals surface area (Å²) in [5.74, 6) is 2.00. The molecule has 4 aliphatic rings. The molecule has 136 valence electrons. The molecule has 2 N–H and O–H groups in total. The molecular weight excluding hydrogens is 371 g/mol. The van der Waals surface area contributed by atoms with E-state index in [0.717, 1.165) is 37.0 Å². The van der Waals surface area contributed by atoms with Crippen LogP contribution in [0.2, 0.25) is 10.0 Å². The molecule has 0 unspecified atom stereocenters. The summed E-state index contributed by atoms with van der Waals surface area (Å²) in [6.07, 6.45) is 7.14. The Morgan fingerprint density at radius 3 is 2.31 bits per heavy atom. The molecule has 0 atom stereocenters.